The van der Waals surface area contributed by atoms with Crippen molar-refractivity contribution in [2.75, 3.05) is 0 Å². The first-order chi connectivity index (χ1) is 12.6. The molecule has 0 bridgehead atoms. The van der Waals surface area contributed by atoms with Crippen LogP contribution in [0.2, 0.25) is 0 Å². The zero-order valence-corrected chi connectivity index (χ0v) is 15.2. The second kappa shape index (κ2) is 6.77. The molecule has 0 aliphatic rings. The van der Waals surface area contributed by atoms with Crippen molar-refractivity contribution in [3.05, 3.63) is 80.6 Å². The van der Waals surface area contributed by atoms with Crippen LogP contribution in [-0.2, 0) is 17.9 Å². The number of hydrogen-bond donors (Lipinski definition) is 1. The van der Waals surface area contributed by atoms with E-state index in [4.69, 9.17) is 0 Å². The molecule has 0 radical (unpaired) electrons. The lowest BCUT2D eigenvalue weighted by Crippen LogP contribution is -2.28. The van der Waals surface area contributed by atoms with Gasteiger partial charge in [-0.05, 0) is 48.2 Å². The average Bonchev–Trinajstić information content (AvgIpc) is 3.08. The molecule has 130 valence electrons. The third-order valence-electron chi connectivity index (χ3n) is 4.59. The van der Waals surface area contributed by atoms with Crippen LogP contribution in [-0.4, -0.2) is 10.5 Å². The zero-order valence-electron chi connectivity index (χ0n) is 14.4. The van der Waals surface area contributed by atoms with Crippen molar-refractivity contribution in [1.82, 2.24) is 9.88 Å². The Balaban J connectivity index is 1.73. The summed E-state index contributed by atoms with van der Waals surface area (Å²) in [6.07, 6.45) is 0. The van der Waals surface area contributed by atoms with Gasteiger partial charge < -0.3 is 9.88 Å². The van der Waals surface area contributed by atoms with Gasteiger partial charge in [0.15, 0.2) is 5.43 Å². The Morgan fingerprint density at radius 3 is 2.19 bits per heavy atom. The molecule has 0 fully saturated rings. The van der Waals surface area contributed by atoms with E-state index < -0.39 is 0 Å². The lowest BCUT2D eigenvalue weighted by Gasteiger charge is -2.15. The van der Waals surface area contributed by atoms with Crippen LogP contribution >= 0.6 is 11.3 Å². The minimum atomic E-state index is -0.0724. The first-order valence-corrected chi connectivity index (χ1v) is 9.33. The van der Waals surface area contributed by atoms with Crippen LogP contribution in [0.25, 0.3) is 21.8 Å². The lowest BCUT2D eigenvalue weighted by atomic mass is 10.1. The number of benzene rings is 2. The Morgan fingerprint density at radius 1 is 1.00 bits per heavy atom. The fourth-order valence-corrected chi connectivity index (χ4v) is 4.06. The van der Waals surface area contributed by atoms with E-state index in [-0.39, 0.29) is 17.9 Å². The molecular weight excluding hydrogens is 344 g/mol. The molecule has 5 heteroatoms. The van der Waals surface area contributed by atoms with Gasteiger partial charge in [-0.2, -0.15) is 0 Å². The maximum atomic E-state index is 12.7. The summed E-state index contributed by atoms with van der Waals surface area (Å²) in [4.78, 5) is 26.5. The van der Waals surface area contributed by atoms with Crippen LogP contribution in [0.5, 0.6) is 0 Å². The fourth-order valence-electron chi connectivity index (χ4n) is 3.21. The van der Waals surface area contributed by atoms with E-state index in [1.54, 1.807) is 11.3 Å². The van der Waals surface area contributed by atoms with Gasteiger partial charge in [0, 0.05) is 15.6 Å². The number of aromatic nitrogens is 1. The Hall–Kier alpha value is -2.92. The number of fused-ring (bicyclic) bond motifs is 2. The highest BCUT2D eigenvalue weighted by Gasteiger charge is 2.13. The highest BCUT2D eigenvalue weighted by molar-refractivity contribution is 7.10. The fraction of sp³-hybridized carbons (Fsp3) is 0.143. The number of thiophene rings is 1. The largest absolute Gasteiger partial charge is 0.350 e. The molecule has 4 rings (SSSR count). The normalized spacial score (nSPS) is 11.1. The summed E-state index contributed by atoms with van der Waals surface area (Å²) < 4.78 is 1.92. The number of nitrogens with zero attached hydrogens (tertiary/aromatic N) is 1. The summed E-state index contributed by atoms with van der Waals surface area (Å²) in [5.41, 5.74) is 2.74. The molecule has 0 saturated heterocycles. The third-order valence-corrected chi connectivity index (χ3v) is 5.62. The molecule has 4 aromatic rings. The number of para-hydroxylation sites is 2. The maximum absolute atomic E-state index is 12.7. The van der Waals surface area contributed by atoms with Gasteiger partial charge in [0.05, 0.1) is 17.6 Å². The number of carbonyl (C=O) groups is 1. The number of amides is 1. The SMILES string of the molecule is Cc1ccsc1CNC(=O)Cn1c2ccccc2c(=O)c2ccccc21. The standard InChI is InChI=1S/C21H18N2O2S/c1-14-10-11-26-19(14)12-22-20(24)13-23-17-8-4-2-6-15(17)21(25)16-7-3-5-9-18(16)23/h2-11H,12-13H2,1H3,(H,22,24). The molecule has 0 unspecified atom stereocenters. The minimum Gasteiger partial charge on any atom is -0.350 e. The maximum Gasteiger partial charge on any atom is 0.240 e. The second-order valence-corrected chi connectivity index (χ2v) is 7.25. The van der Waals surface area contributed by atoms with E-state index in [9.17, 15) is 9.59 Å². The van der Waals surface area contributed by atoms with E-state index in [1.807, 2.05) is 65.4 Å². The van der Waals surface area contributed by atoms with Crippen LogP contribution in [0.3, 0.4) is 0 Å². The Bertz CT molecular complexity index is 1110. The highest BCUT2D eigenvalue weighted by atomic mass is 32.1. The van der Waals surface area contributed by atoms with E-state index in [0.717, 1.165) is 15.9 Å². The van der Waals surface area contributed by atoms with Crippen LogP contribution < -0.4 is 10.7 Å². The van der Waals surface area contributed by atoms with Gasteiger partial charge in [0.25, 0.3) is 0 Å². The van der Waals surface area contributed by atoms with E-state index in [0.29, 0.717) is 17.3 Å². The molecule has 2 aromatic heterocycles. The van der Waals surface area contributed by atoms with Crippen molar-refractivity contribution in [3.8, 4) is 0 Å². The van der Waals surface area contributed by atoms with Crippen LogP contribution in [0, 0.1) is 6.92 Å². The molecule has 26 heavy (non-hydrogen) atoms. The summed E-state index contributed by atoms with van der Waals surface area (Å²) in [6.45, 7) is 2.74. The van der Waals surface area contributed by atoms with Crippen molar-refractivity contribution in [3.63, 3.8) is 0 Å². The zero-order chi connectivity index (χ0) is 18.1. The smallest absolute Gasteiger partial charge is 0.240 e. The quantitative estimate of drug-likeness (QED) is 0.561. The molecule has 4 nitrogen and oxygen atoms in total. The van der Waals surface area contributed by atoms with Gasteiger partial charge in [-0.3, -0.25) is 9.59 Å². The van der Waals surface area contributed by atoms with Crippen molar-refractivity contribution < 1.29 is 4.79 Å². The predicted molar refractivity (Wildman–Crippen MR) is 107 cm³/mol. The van der Waals surface area contributed by atoms with E-state index in [1.165, 1.54) is 5.56 Å². The molecule has 0 saturated carbocycles. The second-order valence-electron chi connectivity index (χ2n) is 6.25. The third kappa shape index (κ3) is 2.91. The van der Waals surface area contributed by atoms with Gasteiger partial charge in [0.1, 0.15) is 6.54 Å². The van der Waals surface area contributed by atoms with Crippen molar-refractivity contribution in [2.45, 2.75) is 20.0 Å². The van der Waals surface area contributed by atoms with Gasteiger partial charge >= 0.3 is 0 Å². The molecule has 1 N–H and O–H groups in total. The average molecular weight is 362 g/mol. The Labute approximate surface area is 154 Å². The lowest BCUT2D eigenvalue weighted by molar-refractivity contribution is -0.121. The molecular formula is C21H18N2O2S. The number of carbonyl (C=O) groups excluding carboxylic acids is 1. The molecule has 2 aromatic carbocycles. The Kier molecular flexibility index (Phi) is 4.31. The molecule has 0 aliphatic carbocycles. The van der Waals surface area contributed by atoms with E-state index in [2.05, 4.69) is 11.4 Å². The molecule has 1 amide bonds. The summed E-state index contributed by atoms with van der Waals surface area (Å²) >= 11 is 1.64. The summed E-state index contributed by atoms with van der Waals surface area (Å²) in [7, 11) is 0. The van der Waals surface area contributed by atoms with Gasteiger partial charge in [-0.1, -0.05) is 24.3 Å². The molecule has 0 atom stereocenters. The van der Waals surface area contributed by atoms with Gasteiger partial charge in [-0.15, -0.1) is 11.3 Å². The number of aryl methyl sites for hydroxylation is 1. The molecule has 0 spiro atoms. The topological polar surface area (TPSA) is 51.1 Å². The molecule has 2 heterocycles. The highest BCUT2D eigenvalue weighted by Crippen LogP contribution is 2.19. The van der Waals surface area contributed by atoms with Crippen molar-refractivity contribution in [2.24, 2.45) is 0 Å². The monoisotopic (exact) mass is 362 g/mol. The molecule has 0 aliphatic heterocycles. The Morgan fingerprint density at radius 2 is 1.62 bits per heavy atom. The van der Waals surface area contributed by atoms with Gasteiger partial charge in [0.2, 0.25) is 5.91 Å². The predicted octanol–water partition coefficient (Wildman–Crippen LogP) is 3.84. The number of hydrogen-bond acceptors (Lipinski definition) is 3. The first-order valence-electron chi connectivity index (χ1n) is 8.45. The van der Waals surface area contributed by atoms with Crippen LogP contribution in [0.1, 0.15) is 10.4 Å². The van der Waals surface area contributed by atoms with Crippen molar-refractivity contribution >= 4 is 39.0 Å². The van der Waals surface area contributed by atoms with Crippen molar-refractivity contribution in [1.29, 1.82) is 0 Å². The number of nitrogens with one attached hydrogen (secondary N) is 1. The summed E-state index contributed by atoms with van der Waals surface area (Å²) in [5, 5.41) is 6.28. The van der Waals surface area contributed by atoms with Crippen LogP contribution in [0.4, 0.5) is 0 Å². The number of rotatable bonds is 4. The van der Waals surface area contributed by atoms with E-state index >= 15 is 0 Å². The number of pyridine rings is 1. The first kappa shape index (κ1) is 16.5. The summed E-state index contributed by atoms with van der Waals surface area (Å²) in [5.74, 6) is -0.0724. The minimum absolute atomic E-state index is 0.00192. The van der Waals surface area contributed by atoms with Crippen LogP contribution in [0.15, 0.2) is 64.8 Å². The summed E-state index contributed by atoms with van der Waals surface area (Å²) in [6, 6.07) is 16.9. The van der Waals surface area contributed by atoms with Gasteiger partial charge in [-0.25, -0.2) is 0 Å².